The Bertz CT molecular complexity index is 756. The number of halogens is 1. The summed E-state index contributed by atoms with van der Waals surface area (Å²) in [6.45, 7) is 4.54. The van der Waals surface area contributed by atoms with E-state index in [-0.39, 0.29) is 11.4 Å². The SMILES string of the molecule is CC1(C)Cc2cccc(CNC(C(N)=O)c3ccc(F)cc3)c2O1. The monoisotopic (exact) mass is 328 g/mol. The van der Waals surface area contributed by atoms with Gasteiger partial charge in [0.2, 0.25) is 5.91 Å². The zero-order valence-corrected chi connectivity index (χ0v) is 13.8. The number of ether oxygens (including phenoxy) is 1. The van der Waals surface area contributed by atoms with Gasteiger partial charge in [-0.3, -0.25) is 10.1 Å². The van der Waals surface area contributed by atoms with Crippen LogP contribution in [0.15, 0.2) is 42.5 Å². The summed E-state index contributed by atoms with van der Waals surface area (Å²) in [5, 5.41) is 3.15. The molecule has 1 atom stereocenters. The molecule has 1 aliphatic heterocycles. The van der Waals surface area contributed by atoms with E-state index >= 15 is 0 Å². The lowest BCUT2D eigenvalue weighted by atomic mass is 10.0. The summed E-state index contributed by atoms with van der Waals surface area (Å²) in [7, 11) is 0. The predicted molar refractivity (Wildman–Crippen MR) is 90.0 cm³/mol. The molecule has 1 aliphatic rings. The fraction of sp³-hybridized carbons (Fsp3) is 0.316. The van der Waals surface area contributed by atoms with Gasteiger partial charge in [0, 0.05) is 18.5 Å². The van der Waals surface area contributed by atoms with Crippen LogP contribution in [0.5, 0.6) is 5.75 Å². The molecule has 3 rings (SSSR count). The first-order chi connectivity index (χ1) is 11.4. The van der Waals surface area contributed by atoms with E-state index in [1.165, 1.54) is 12.1 Å². The Hall–Kier alpha value is -2.40. The molecular formula is C19H21FN2O2. The van der Waals surface area contributed by atoms with E-state index in [1.54, 1.807) is 12.1 Å². The first-order valence-electron chi connectivity index (χ1n) is 7.94. The van der Waals surface area contributed by atoms with Gasteiger partial charge in [0.15, 0.2) is 0 Å². The van der Waals surface area contributed by atoms with Crippen molar-refractivity contribution in [1.29, 1.82) is 0 Å². The molecule has 24 heavy (non-hydrogen) atoms. The maximum atomic E-state index is 13.1. The molecule has 126 valence electrons. The maximum Gasteiger partial charge on any atom is 0.239 e. The van der Waals surface area contributed by atoms with Crippen molar-refractivity contribution in [1.82, 2.24) is 5.32 Å². The predicted octanol–water partition coefficient (Wildman–Crippen LogP) is 2.86. The highest BCUT2D eigenvalue weighted by Crippen LogP contribution is 2.37. The molecule has 0 spiro atoms. The number of benzene rings is 2. The quantitative estimate of drug-likeness (QED) is 0.887. The first kappa shape index (κ1) is 16.5. The average molecular weight is 328 g/mol. The summed E-state index contributed by atoms with van der Waals surface area (Å²) in [5.41, 5.74) is 8.06. The third-order valence-corrected chi connectivity index (χ3v) is 4.16. The van der Waals surface area contributed by atoms with Crippen LogP contribution in [0.2, 0.25) is 0 Å². The molecule has 2 aromatic rings. The van der Waals surface area contributed by atoms with Crippen molar-refractivity contribution in [3.05, 3.63) is 65.0 Å². The minimum atomic E-state index is -0.684. The molecule has 0 saturated carbocycles. The highest BCUT2D eigenvalue weighted by Gasteiger charge is 2.31. The van der Waals surface area contributed by atoms with Gasteiger partial charge >= 0.3 is 0 Å². The fourth-order valence-electron chi connectivity index (χ4n) is 3.07. The number of carbonyl (C=O) groups is 1. The van der Waals surface area contributed by atoms with Crippen molar-refractivity contribution in [3.63, 3.8) is 0 Å². The number of primary amides is 1. The van der Waals surface area contributed by atoms with Crippen molar-refractivity contribution in [3.8, 4) is 5.75 Å². The Labute approximate surface area is 140 Å². The van der Waals surface area contributed by atoms with Crippen LogP contribution in [-0.2, 0) is 17.8 Å². The molecule has 0 saturated heterocycles. The van der Waals surface area contributed by atoms with Gasteiger partial charge < -0.3 is 10.5 Å². The number of rotatable bonds is 5. The Morgan fingerprint density at radius 2 is 2.00 bits per heavy atom. The number of hydrogen-bond donors (Lipinski definition) is 2. The third-order valence-electron chi connectivity index (χ3n) is 4.16. The van der Waals surface area contributed by atoms with Crippen molar-refractivity contribution in [2.45, 2.75) is 38.5 Å². The van der Waals surface area contributed by atoms with E-state index in [9.17, 15) is 9.18 Å². The summed E-state index contributed by atoms with van der Waals surface area (Å²) in [4.78, 5) is 11.8. The Kier molecular flexibility index (Phi) is 4.28. The van der Waals surface area contributed by atoms with E-state index in [0.717, 1.165) is 23.3 Å². The van der Waals surface area contributed by atoms with Gasteiger partial charge in [0.05, 0.1) is 0 Å². The van der Waals surface area contributed by atoms with Crippen LogP contribution in [-0.4, -0.2) is 11.5 Å². The minimum Gasteiger partial charge on any atom is -0.487 e. The Morgan fingerprint density at radius 3 is 2.67 bits per heavy atom. The zero-order valence-electron chi connectivity index (χ0n) is 13.8. The molecule has 0 radical (unpaired) electrons. The Balaban J connectivity index is 1.79. The number of carbonyl (C=O) groups excluding carboxylic acids is 1. The largest absolute Gasteiger partial charge is 0.487 e. The van der Waals surface area contributed by atoms with E-state index < -0.39 is 11.9 Å². The lowest BCUT2D eigenvalue weighted by molar-refractivity contribution is -0.120. The molecule has 0 fully saturated rings. The standard InChI is InChI=1S/C19H21FN2O2/c1-19(2)10-13-4-3-5-14(17(13)24-19)11-22-16(18(21)23)12-6-8-15(20)9-7-12/h3-9,16,22H,10-11H2,1-2H3,(H2,21,23). The topological polar surface area (TPSA) is 64.3 Å². The molecule has 4 nitrogen and oxygen atoms in total. The van der Waals surface area contributed by atoms with Crippen molar-refractivity contribution in [2.75, 3.05) is 0 Å². The number of fused-ring (bicyclic) bond motifs is 1. The molecule has 0 aliphatic carbocycles. The molecule has 0 bridgehead atoms. The van der Waals surface area contributed by atoms with Crippen LogP contribution >= 0.6 is 0 Å². The van der Waals surface area contributed by atoms with Gasteiger partial charge in [-0.2, -0.15) is 0 Å². The van der Waals surface area contributed by atoms with Gasteiger partial charge in [0.25, 0.3) is 0 Å². The van der Waals surface area contributed by atoms with Crippen LogP contribution in [0.25, 0.3) is 0 Å². The summed E-state index contributed by atoms with van der Waals surface area (Å²) < 4.78 is 19.1. The van der Waals surface area contributed by atoms with E-state index in [1.807, 2.05) is 12.1 Å². The molecular weight excluding hydrogens is 307 g/mol. The van der Waals surface area contributed by atoms with Crippen LogP contribution in [0.3, 0.4) is 0 Å². The van der Waals surface area contributed by atoms with Crippen LogP contribution < -0.4 is 15.8 Å². The lowest BCUT2D eigenvalue weighted by Crippen LogP contribution is -2.33. The second-order valence-corrected chi connectivity index (χ2v) is 6.71. The van der Waals surface area contributed by atoms with Gasteiger partial charge in [-0.05, 0) is 37.1 Å². The number of amides is 1. The summed E-state index contributed by atoms with van der Waals surface area (Å²) in [6.07, 6.45) is 0.855. The maximum absolute atomic E-state index is 13.1. The number of nitrogens with one attached hydrogen (secondary N) is 1. The van der Waals surface area contributed by atoms with E-state index in [0.29, 0.717) is 12.1 Å². The van der Waals surface area contributed by atoms with Crippen molar-refractivity contribution in [2.24, 2.45) is 5.73 Å². The van der Waals surface area contributed by atoms with Crippen LogP contribution in [0.1, 0.15) is 36.6 Å². The Morgan fingerprint density at radius 1 is 1.29 bits per heavy atom. The summed E-state index contributed by atoms with van der Waals surface area (Å²) in [5.74, 6) is 0.0197. The summed E-state index contributed by atoms with van der Waals surface area (Å²) in [6, 6.07) is 11.1. The second-order valence-electron chi connectivity index (χ2n) is 6.71. The van der Waals surface area contributed by atoms with Crippen LogP contribution in [0, 0.1) is 5.82 Å². The molecule has 2 aromatic carbocycles. The zero-order chi connectivity index (χ0) is 17.3. The molecule has 1 heterocycles. The van der Waals surface area contributed by atoms with E-state index in [4.69, 9.17) is 10.5 Å². The van der Waals surface area contributed by atoms with Crippen molar-refractivity contribution < 1.29 is 13.9 Å². The second kappa shape index (κ2) is 6.24. The molecule has 1 amide bonds. The minimum absolute atomic E-state index is 0.224. The number of para-hydroxylation sites is 1. The highest BCUT2D eigenvalue weighted by atomic mass is 19.1. The molecule has 5 heteroatoms. The summed E-state index contributed by atoms with van der Waals surface area (Å²) >= 11 is 0. The third kappa shape index (κ3) is 3.41. The molecule has 1 unspecified atom stereocenters. The normalized spacial score (nSPS) is 16.3. The van der Waals surface area contributed by atoms with Gasteiger partial charge in [-0.1, -0.05) is 30.3 Å². The highest BCUT2D eigenvalue weighted by molar-refractivity contribution is 5.81. The fourth-order valence-corrected chi connectivity index (χ4v) is 3.07. The lowest BCUT2D eigenvalue weighted by Gasteiger charge is -2.20. The van der Waals surface area contributed by atoms with Crippen molar-refractivity contribution >= 4 is 5.91 Å². The molecule has 0 aromatic heterocycles. The van der Waals surface area contributed by atoms with E-state index in [2.05, 4.69) is 25.2 Å². The van der Waals surface area contributed by atoms with Gasteiger partial charge in [-0.15, -0.1) is 0 Å². The smallest absolute Gasteiger partial charge is 0.239 e. The van der Waals surface area contributed by atoms with Gasteiger partial charge in [-0.25, -0.2) is 4.39 Å². The number of hydrogen-bond acceptors (Lipinski definition) is 3. The average Bonchev–Trinajstić information content (AvgIpc) is 2.83. The molecule has 3 N–H and O–H groups in total. The van der Waals surface area contributed by atoms with Gasteiger partial charge in [0.1, 0.15) is 23.2 Å². The first-order valence-corrected chi connectivity index (χ1v) is 7.94. The number of nitrogens with two attached hydrogens (primary N) is 1. The van der Waals surface area contributed by atoms with Crippen LogP contribution in [0.4, 0.5) is 4.39 Å².